The van der Waals surface area contributed by atoms with E-state index in [1.54, 1.807) is 11.3 Å². The van der Waals surface area contributed by atoms with E-state index in [2.05, 4.69) is 48.5 Å². The summed E-state index contributed by atoms with van der Waals surface area (Å²) in [6.45, 7) is 9.27. The van der Waals surface area contributed by atoms with Gasteiger partial charge in [-0.25, -0.2) is 0 Å². The minimum atomic E-state index is -0.278. The Morgan fingerprint density at radius 2 is 2.37 bits per heavy atom. The monoisotopic (exact) mass is 280 g/mol. The van der Waals surface area contributed by atoms with Crippen LogP contribution in [0.1, 0.15) is 32.1 Å². The molecule has 0 aliphatic carbocycles. The van der Waals surface area contributed by atoms with Crippen LogP contribution < -0.4 is 5.32 Å². The first kappa shape index (κ1) is 14.5. The average molecular weight is 280 g/mol. The Labute approximate surface area is 120 Å². The zero-order valence-corrected chi connectivity index (χ0v) is 12.9. The number of hydrogen-bond donors (Lipinski definition) is 1. The third-order valence-corrected chi connectivity index (χ3v) is 4.81. The van der Waals surface area contributed by atoms with Crippen LogP contribution in [0.2, 0.25) is 0 Å². The van der Waals surface area contributed by atoms with E-state index in [0.29, 0.717) is 5.92 Å². The number of carbonyl (C=O) groups is 1. The number of nitrogens with one attached hydrogen (secondary N) is 1. The molecule has 0 aromatic carbocycles. The van der Waals surface area contributed by atoms with Crippen molar-refractivity contribution in [1.29, 1.82) is 0 Å². The minimum Gasteiger partial charge on any atom is -0.354 e. The lowest BCUT2D eigenvalue weighted by atomic mass is 9.84. The second kappa shape index (κ2) is 6.06. The molecule has 1 aliphatic heterocycles. The van der Waals surface area contributed by atoms with Crippen molar-refractivity contribution in [3.05, 3.63) is 22.4 Å². The third-order valence-electron chi connectivity index (χ3n) is 3.88. The number of amides is 1. The maximum Gasteiger partial charge on any atom is 0.240 e. The van der Waals surface area contributed by atoms with Gasteiger partial charge in [0.05, 0.1) is 5.54 Å². The maximum absolute atomic E-state index is 12.3. The largest absolute Gasteiger partial charge is 0.354 e. The van der Waals surface area contributed by atoms with Crippen LogP contribution in [0.25, 0.3) is 0 Å². The van der Waals surface area contributed by atoms with Gasteiger partial charge in [-0.3, -0.25) is 9.69 Å². The molecule has 0 saturated carbocycles. The lowest BCUT2D eigenvalue weighted by Crippen LogP contribution is -2.66. The summed E-state index contributed by atoms with van der Waals surface area (Å²) >= 11 is 1.75. The number of hydrogen-bond acceptors (Lipinski definition) is 3. The second-order valence-corrected chi connectivity index (χ2v) is 6.98. The molecule has 1 N–H and O–H groups in total. The molecule has 2 heterocycles. The number of nitrogens with zero attached hydrogens (tertiary/aromatic N) is 1. The summed E-state index contributed by atoms with van der Waals surface area (Å²) in [7, 11) is 0. The lowest BCUT2D eigenvalue weighted by molar-refractivity contribution is -0.141. The number of carbonyl (C=O) groups excluding carboxylic acids is 1. The Morgan fingerprint density at radius 3 is 2.89 bits per heavy atom. The number of likely N-dealkylation sites (tertiary alicyclic amines) is 1. The molecule has 0 bridgehead atoms. The Balaban J connectivity index is 1.79. The van der Waals surface area contributed by atoms with Gasteiger partial charge < -0.3 is 5.32 Å². The van der Waals surface area contributed by atoms with Crippen molar-refractivity contribution in [3.8, 4) is 0 Å². The lowest BCUT2D eigenvalue weighted by Gasteiger charge is -2.50. The van der Waals surface area contributed by atoms with Gasteiger partial charge in [0.1, 0.15) is 0 Å². The Bertz CT molecular complexity index is 416. The molecular formula is C15H24N2OS. The summed E-state index contributed by atoms with van der Waals surface area (Å²) < 4.78 is 0. The Kier molecular flexibility index (Phi) is 4.63. The molecule has 3 nitrogen and oxygen atoms in total. The van der Waals surface area contributed by atoms with Crippen molar-refractivity contribution in [1.82, 2.24) is 10.2 Å². The van der Waals surface area contributed by atoms with Gasteiger partial charge in [0, 0.05) is 24.5 Å². The van der Waals surface area contributed by atoms with Crippen molar-refractivity contribution in [2.75, 3.05) is 19.6 Å². The number of thiophene rings is 1. The highest BCUT2D eigenvalue weighted by molar-refractivity contribution is 7.09. The molecule has 1 aromatic heterocycles. The average Bonchev–Trinajstić information content (AvgIpc) is 2.86. The molecule has 1 aromatic rings. The van der Waals surface area contributed by atoms with Crippen LogP contribution in [0.5, 0.6) is 0 Å². The summed E-state index contributed by atoms with van der Waals surface area (Å²) in [4.78, 5) is 16.0. The highest BCUT2D eigenvalue weighted by Crippen LogP contribution is 2.31. The van der Waals surface area contributed by atoms with Crippen LogP contribution in [-0.2, 0) is 11.2 Å². The van der Waals surface area contributed by atoms with Crippen molar-refractivity contribution in [2.45, 2.75) is 39.2 Å². The van der Waals surface area contributed by atoms with Gasteiger partial charge >= 0.3 is 0 Å². The van der Waals surface area contributed by atoms with E-state index in [9.17, 15) is 4.79 Å². The van der Waals surface area contributed by atoms with E-state index in [0.717, 1.165) is 32.5 Å². The first-order valence-electron chi connectivity index (χ1n) is 7.08. The molecular weight excluding hydrogens is 256 g/mol. The summed E-state index contributed by atoms with van der Waals surface area (Å²) in [5.41, 5.74) is -0.278. The molecule has 1 aliphatic rings. The maximum atomic E-state index is 12.3. The normalized spacial score (nSPS) is 23.4. The van der Waals surface area contributed by atoms with Crippen molar-refractivity contribution >= 4 is 17.2 Å². The molecule has 1 atom stereocenters. The molecule has 0 spiro atoms. The van der Waals surface area contributed by atoms with E-state index in [1.807, 2.05) is 0 Å². The number of rotatable bonds is 6. The molecule has 4 heteroatoms. The van der Waals surface area contributed by atoms with Crippen LogP contribution in [-0.4, -0.2) is 36.0 Å². The van der Waals surface area contributed by atoms with E-state index in [1.165, 1.54) is 4.88 Å². The van der Waals surface area contributed by atoms with Crippen LogP contribution in [0, 0.1) is 5.92 Å². The zero-order chi connectivity index (χ0) is 13.9. The molecule has 2 rings (SSSR count). The highest BCUT2D eigenvalue weighted by Gasteiger charge is 2.46. The molecule has 1 saturated heterocycles. The van der Waals surface area contributed by atoms with Crippen LogP contribution in [0.4, 0.5) is 0 Å². The molecule has 0 radical (unpaired) electrons. The van der Waals surface area contributed by atoms with Gasteiger partial charge in [-0.1, -0.05) is 19.9 Å². The molecule has 1 amide bonds. The first-order valence-corrected chi connectivity index (χ1v) is 7.96. The molecule has 1 unspecified atom stereocenters. The van der Waals surface area contributed by atoms with Crippen LogP contribution >= 0.6 is 11.3 Å². The Hall–Kier alpha value is -0.870. The van der Waals surface area contributed by atoms with Gasteiger partial charge in [0.2, 0.25) is 5.91 Å². The van der Waals surface area contributed by atoms with Gasteiger partial charge in [-0.2, -0.15) is 0 Å². The summed E-state index contributed by atoms with van der Waals surface area (Å²) in [6.07, 6.45) is 1.91. The smallest absolute Gasteiger partial charge is 0.240 e. The van der Waals surface area contributed by atoms with Crippen molar-refractivity contribution < 1.29 is 4.79 Å². The van der Waals surface area contributed by atoms with E-state index < -0.39 is 0 Å². The quantitative estimate of drug-likeness (QED) is 0.868. The van der Waals surface area contributed by atoms with Gasteiger partial charge in [-0.15, -0.1) is 11.3 Å². The fourth-order valence-corrected chi connectivity index (χ4v) is 3.25. The van der Waals surface area contributed by atoms with Crippen LogP contribution in [0.3, 0.4) is 0 Å². The predicted molar refractivity (Wildman–Crippen MR) is 80.5 cm³/mol. The second-order valence-electron chi connectivity index (χ2n) is 5.95. The molecule has 106 valence electrons. The summed E-state index contributed by atoms with van der Waals surface area (Å²) in [6, 6.07) is 4.17. The summed E-state index contributed by atoms with van der Waals surface area (Å²) in [5.74, 6) is 0.800. The van der Waals surface area contributed by atoms with E-state index >= 15 is 0 Å². The first-order chi connectivity index (χ1) is 9.02. The standard InChI is InChI=1S/C15H24N2OS/c1-12(2)11-17-9-7-15(17,3)14(18)16-8-6-13-5-4-10-19-13/h4-5,10,12H,6-9,11H2,1-3H3,(H,16,18). The highest BCUT2D eigenvalue weighted by atomic mass is 32.1. The SMILES string of the molecule is CC(C)CN1CCC1(C)C(=O)NCCc1cccs1. The predicted octanol–water partition coefficient (Wildman–Crippen LogP) is 2.53. The van der Waals surface area contributed by atoms with E-state index in [-0.39, 0.29) is 11.4 Å². The third kappa shape index (κ3) is 3.37. The van der Waals surface area contributed by atoms with E-state index in [4.69, 9.17) is 0 Å². The zero-order valence-electron chi connectivity index (χ0n) is 12.1. The topological polar surface area (TPSA) is 32.3 Å². The van der Waals surface area contributed by atoms with Crippen molar-refractivity contribution in [2.24, 2.45) is 5.92 Å². The van der Waals surface area contributed by atoms with Gasteiger partial charge in [0.15, 0.2) is 0 Å². The minimum absolute atomic E-state index is 0.191. The van der Waals surface area contributed by atoms with Gasteiger partial charge in [-0.05, 0) is 37.1 Å². The fourth-order valence-electron chi connectivity index (χ4n) is 2.54. The molecule has 19 heavy (non-hydrogen) atoms. The van der Waals surface area contributed by atoms with Crippen LogP contribution in [0.15, 0.2) is 17.5 Å². The van der Waals surface area contributed by atoms with Crippen molar-refractivity contribution in [3.63, 3.8) is 0 Å². The Morgan fingerprint density at radius 1 is 1.58 bits per heavy atom. The fraction of sp³-hybridized carbons (Fsp3) is 0.667. The van der Waals surface area contributed by atoms with Gasteiger partial charge in [0.25, 0.3) is 0 Å². The summed E-state index contributed by atoms with van der Waals surface area (Å²) in [5, 5.41) is 5.17. The molecule has 1 fully saturated rings.